The third-order valence-corrected chi connectivity index (χ3v) is 1.82. The Bertz CT molecular complexity index is 332. The van der Waals surface area contributed by atoms with Crippen LogP contribution < -0.4 is 0 Å². The summed E-state index contributed by atoms with van der Waals surface area (Å²) < 4.78 is 5.28. The first-order chi connectivity index (χ1) is 6.72. The summed E-state index contributed by atoms with van der Waals surface area (Å²) in [4.78, 5) is 0. The number of ether oxygens (including phenoxy) is 1. The zero-order chi connectivity index (χ0) is 10.4. The molecule has 0 fully saturated rings. The van der Waals surface area contributed by atoms with Crippen molar-refractivity contribution in [3.05, 3.63) is 34.9 Å². The van der Waals surface area contributed by atoms with Crippen molar-refractivity contribution in [1.82, 2.24) is 0 Å². The van der Waals surface area contributed by atoms with Gasteiger partial charge in [-0.2, -0.15) is 5.10 Å². The van der Waals surface area contributed by atoms with Crippen LogP contribution in [0.1, 0.15) is 12.5 Å². The van der Waals surface area contributed by atoms with E-state index in [1.54, 1.807) is 6.92 Å². The molecule has 0 saturated carbocycles. The van der Waals surface area contributed by atoms with Crippen molar-refractivity contribution < 1.29 is 4.74 Å². The Labute approximate surface area is 88.1 Å². The van der Waals surface area contributed by atoms with Crippen LogP contribution in [-0.4, -0.2) is 12.6 Å². The maximum atomic E-state index is 5.74. The van der Waals surface area contributed by atoms with Crippen LogP contribution in [0.5, 0.6) is 0 Å². The monoisotopic (exact) mass is 210 g/mol. The Balaban J connectivity index is 2.49. The summed E-state index contributed by atoms with van der Waals surface area (Å²) in [5.74, 6) is 0.495. The molecule has 74 valence electrons. The molecule has 0 radical (unpaired) electrons. The first-order valence-corrected chi connectivity index (χ1v) is 4.47. The highest BCUT2D eigenvalue weighted by Gasteiger charge is 1.95. The lowest BCUT2D eigenvalue weighted by Gasteiger charge is -2.03. The lowest BCUT2D eigenvalue weighted by atomic mass is 10.2. The quantitative estimate of drug-likeness (QED) is 0.429. The van der Waals surface area contributed by atoms with Gasteiger partial charge in [-0.05, 0) is 17.7 Å². The summed E-state index contributed by atoms with van der Waals surface area (Å²) in [6.45, 7) is 5.42. The number of halogens is 1. The van der Waals surface area contributed by atoms with Gasteiger partial charge in [0, 0.05) is 18.7 Å². The predicted octanol–water partition coefficient (Wildman–Crippen LogP) is 2.89. The third-order valence-electron chi connectivity index (χ3n) is 1.57. The van der Waals surface area contributed by atoms with E-state index >= 15 is 0 Å². The molecule has 1 rings (SSSR count). The number of hydrogen-bond donors (Lipinski definition) is 0. The van der Waals surface area contributed by atoms with Crippen LogP contribution >= 0.6 is 11.6 Å². The summed E-state index contributed by atoms with van der Waals surface area (Å²) in [5.41, 5.74) is 1.04. The van der Waals surface area contributed by atoms with Gasteiger partial charge in [0.1, 0.15) is 6.61 Å². The molecule has 0 unspecified atom stereocenters. The van der Waals surface area contributed by atoms with Gasteiger partial charge >= 0.3 is 0 Å². The van der Waals surface area contributed by atoms with E-state index in [2.05, 4.69) is 16.9 Å². The van der Waals surface area contributed by atoms with Crippen molar-refractivity contribution in [2.75, 3.05) is 0 Å². The van der Waals surface area contributed by atoms with Crippen LogP contribution in [0, 0.1) is 0 Å². The molecule has 0 heterocycles. The fraction of sp³-hybridized carbons (Fsp3) is 0.200. The minimum atomic E-state index is 0.460. The molecule has 3 nitrogen and oxygen atoms in total. The van der Waals surface area contributed by atoms with E-state index in [0.717, 1.165) is 5.56 Å². The first-order valence-electron chi connectivity index (χ1n) is 4.10. The fourth-order valence-electron chi connectivity index (χ4n) is 0.897. The Morgan fingerprint density at radius 3 is 2.64 bits per heavy atom. The summed E-state index contributed by atoms with van der Waals surface area (Å²) >= 11 is 5.74. The minimum Gasteiger partial charge on any atom is -0.475 e. The van der Waals surface area contributed by atoms with E-state index in [-0.39, 0.29) is 0 Å². The van der Waals surface area contributed by atoms with Gasteiger partial charge in [-0.3, -0.25) is 0 Å². The molecule has 0 aromatic heterocycles. The molecule has 0 aliphatic heterocycles. The van der Waals surface area contributed by atoms with Crippen molar-refractivity contribution >= 4 is 24.2 Å². The molecule has 14 heavy (non-hydrogen) atoms. The Kier molecular flexibility index (Phi) is 4.13. The smallest absolute Gasteiger partial charge is 0.205 e. The lowest BCUT2D eigenvalue weighted by Crippen LogP contribution is -1.99. The fourth-order valence-corrected chi connectivity index (χ4v) is 1.02. The van der Waals surface area contributed by atoms with Gasteiger partial charge in [0.25, 0.3) is 0 Å². The van der Waals surface area contributed by atoms with Crippen LogP contribution in [-0.2, 0) is 11.3 Å². The summed E-state index contributed by atoms with van der Waals surface area (Å²) in [5, 5.41) is 7.71. The normalized spacial score (nSPS) is 11.1. The van der Waals surface area contributed by atoms with Crippen LogP contribution in [0.3, 0.4) is 0 Å². The van der Waals surface area contributed by atoms with Crippen LogP contribution in [0.25, 0.3) is 0 Å². The molecule has 0 saturated heterocycles. The number of hydrogen-bond acceptors (Lipinski definition) is 3. The topological polar surface area (TPSA) is 34.0 Å². The zero-order valence-electron chi connectivity index (χ0n) is 7.90. The van der Waals surface area contributed by atoms with Gasteiger partial charge in [-0.15, -0.1) is 5.10 Å². The SMILES string of the molecule is C=N/N=C(/C)OCc1ccc(Cl)cc1. The van der Waals surface area contributed by atoms with Crippen LogP contribution in [0.15, 0.2) is 34.5 Å². The van der Waals surface area contributed by atoms with Gasteiger partial charge in [-0.1, -0.05) is 23.7 Å². The second-order valence-electron chi connectivity index (χ2n) is 2.68. The van der Waals surface area contributed by atoms with E-state index in [1.807, 2.05) is 24.3 Å². The largest absolute Gasteiger partial charge is 0.475 e. The molecular weight excluding hydrogens is 200 g/mol. The van der Waals surface area contributed by atoms with E-state index in [9.17, 15) is 0 Å². The highest BCUT2D eigenvalue weighted by atomic mass is 35.5. The van der Waals surface area contributed by atoms with E-state index in [1.165, 1.54) is 0 Å². The molecule has 1 aromatic carbocycles. The standard InChI is InChI=1S/C10H11ClN2O/c1-8(13-12-2)14-7-9-3-5-10(11)6-4-9/h3-6H,2,7H2,1H3/b13-8-. The summed E-state index contributed by atoms with van der Waals surface area (Å²) in [6.07, 6.45) is 0. The zero-order valence-corrected chi connectivity index (χ0v) is 8.66. The van der Waals surface area contributed by atoms with Gasteiger partial charge in [0.05, 0.1) is 0 Å². The second-order valence-corrected chi connectivity index (χ2v) is 3.11. The number of benzene rings is 1. The molecule has 1 aromatic rings. The van der Waals surface area contributed by atoms with Gasteiger partial charge < -0.3 is 4.74 Å². The van der Waals surface area contributed by atoms with Gasteiger partial charge in [0.2, 0.25) is 5.90 Å². The predicted molar refractivity (Wildman–Crippen MR) is 58.9 cm³/mol. The minimum absolute atomic E-state index is 0.460. The number of rotatable bonds is 3. The molecule has 0 aliphatic carbocycles. The highest BCUT2D eigenvalue weighted by molar-refractivity contribution is 6.30. The highest BCUT2D eigenvalue weighted by Crippen LogP contribution is 2.10. The van der Waals surface area contributed by atoms with E-state index in [0.29, 0.717) is 17.5 Å². The first kappa shape index (κ1) is 10.7. The van der Waals surface area contributed by atoms with Crippen molar-refractivity contribution in [3.63, 3.8) is 0 Å². The van der Waals surface area contributed by atoms with Crippen molar-refractivity contribution in [2.45, 2.75) is 13.5 Å². The Hall–Kier alpha value is -1.35. The van der Waals surface area contributed by atoms with E-state index in [4.69, 9.17) is 16.3 Å². The summed E-state index contributed by atoms with van der Waals surface area (Å²) in [6, 6.07) is 7.44. The lowest BCUT2D eigenvalue weighted by molar-refractivity contribution is 0.289. The van der Waals surface area contributed by atoms with Gasteiger partial charge in [-0.25, -0.2) is 0 Å². The molecule has 0 N–H and O–H groups in total. The number of nitrogens with zero attached hydrogens (tertiary/aromatic N) is 2. The van der Waals surface area contributed by atoms with Gasteiger partial charge in [0.15, 0.2) is 0 Å². The Morgan fingerprint density at radius 2 is 2.07 bits per heavy atom. The average Bonchev–Trinajstić information content (AvgIpc) is 2.17. The Morgan fingerprint density at radius 1 is 1.43 bits per heavy atom. The maximum Gasteiger partial charge on any atom is 0.205 e. The average molecular weight is 211 g/mol. The molecular formula is C10H11ClN2O. The van der Waals surface area contributed by atoms with Crippen LogP contribution in [0.4, 0.5) is 0 Å². The van der Waals surface area contributed by atoms with Crippen molar-refractivity contribution in [2.24, 2.45) is 10.2 Å². The van der Waals surface area contributed by atoms with Crippen molar-refractivity contribution in [3.8, 4) is 0 Å². The third kappa shape index (κ3) is 3.58. The summed E-state index contributed by atoms with van der Waals surface area (Å²) in [7, 11) is 0. The molecule has 0 amide bonds. The molecule has 0 atom stereocenters. The molecule has 0 bridgehead atoms. The maximum absolute atomic E-state index is 5.74. The molecule has 0 spiro atoms. The van der Waals surface area contributed by atoms with Crippen LogP contribution in [0.2, 0.25) is 5.02 Å². The molecule has 4 heteroatoms. The second kappa shape index (κ2) is 5.40. The van der Waals surface area contributed by atoms with E-state index < -0.39 is 0 Å². The molecule has 0 aliphatic rings. The van der Waals surface area contributed by atoms with Crippen molar-refractivity contribution in [1.29, 1.82) is 0 Å².